The highest BCUT2D eigenvalue weighted by molar-refractivity contribution is 6.30. The van der Waals surface area contributed by atoms with Gasteiger partial charge in [0.1, 0.15) is 5.56 Å². The zero-order chi connectivity index (χ0) is 13.7. The minimum atomic E-state index is -0.445. The number of halogens is 1. The van der Waals surface area contributed by atoms with E-state index in [1.807, 2.05) is 12.1 Å². The second-order valence-corrected chi connectivity index (χ2v) is 4.36. The zero-order valence-electron chi connectivity index (χ0n) is 10.0. The lowest BCUT2D eigenvalue weighted by Gasteiger charge is -2.04. The average molecular weight is 278 g/mol. The predicted octanol–water partition coefficient (Wildman–Crippen LogP) is 1.40. The normalized spacial score (nSPS) is 10.2. The molecule has 98 valence electrons. The van der Waals surface area contributed by atoms with Crippen LogP contribution in [0.25, 0.3) is 0 Å². The van der Waals surface area contributed by atoms with Gasteiger partial charge in [0.25, 0.3) is 11.5 Å². The third-order valence-corrected chi connectivity index (χ3v) is 2.83. The fraction of sp³-hybridized carbons (Fsp3) is 0.154. The van der Waals surface area contributed by atoms with E-state index < -0.39 is 11.5 Å². The molecule has 0 fully saturated rings. The van der Waals surface area contributed by atoms with E-state index in [0.29, 0.717) is 18.0 Å². The predicted molar refractivity (Wildman–Crippen MR) is 72.3 cm³/mol. The average Bonchev–Trinajstić information content (AvgIpc) is 2.41. The van der Waals surface area contributed by atoms with Crippen molar-refractivity contribution in [1.29, 1.82) is 0 Å². The van der Waals surface area contributed by atoms with Crippen LogP contribution >= 0.6 is 11.6 Å². The topological polar surface area (TPSA) is 74.8 Å². The molecule has 6 heteroatoms. The number of hydrogen-bond acceptors (Lipinski definition) is 3. The number of aromatic amines is 1. The summed E-state index contributed by atoms with van der Waals surface area (Å²) in [7, 11) is 0. The Morgan fingerprint density at radius 3 is 2.74 bits per heavy atom. The molecule has 0 saturated carbocycles. The molecule has 0 radical (unpaired) electrons. The van der Waals surface area contributed by atoms with Crippen molar-refractivity contribution in [1.82, 2.24) is 15.3 Å². The first-order valence-corrected chi connectivity index (χ1v) is 6.10. The largest absolute Gasteiger partial charge is 0.351 e. The van der Waals surface area contributed by atoms with Crippen LogP contribution in [-0.4, -0.2) is 22.4 Å². The van der Waals surface area contributed by atoms with E-state index in [4.69, 9.17) is 11.6 Å². The molecule has 0 aliphatic rings. The number of carbonyl (C=O) groups is 1. The molecule has 2 aromatic rings. The summed E-state index contributed by atoms with van der Waals surface area (Å²) in [4.78, 5) is 29.1. The number of H-pyrrole nitrogens is 1. The second-order valence-electron chi connectivity index (χ2n) is 3.93. The Hall–Kier alpha value is -2.14. The number of benzene rings is 1. The number of hydrogen-bond donors (Lipinski definition) is 2. The summed E-state index contributed by atoms with van der Waals surface area (Å²) in [5, 5.41) is 3.35. The lowest BCUT2D eigenvalue weighted by molar-refractivity contribution is 0.0952. The number of carbonyl (C=O) groups excluding carboxylic acids is 1. The van der Waals surface area contributed by atoms with Gasteiger partial charge in [0, 0.05) is 17.8 Å². The van der Waals surface area contributed by atoms with E-state index in [-0.39, 0.29) is 5.56 Å². The van der Waals surface area contributed by atoms with Crippen LogP contribution in [0.2, 0.25) is 5.02 Å². The maximum Gasteiger partial charge on any atom is 0.263 e. The highest BCUT2D eigenvalue weighted by atomic mass is 35.5. The second kappa shape index (κ2) is 6.15. The maximum absolute atomic E-state index is 11.7. The van der Waals surface area contributed by atoms with Gasteiger partial charge >= 0.3 is 0 Å². The lowest BCUT2D eigenvalue weighted by Crippen LogP contribution is -2.31. The van der Waals surface area contributed by atoms with E-state index in [9.17, 15) is 9.59 Å². The number of amides is 1. The summed E-state index contributed by atoms with van der Waals surface area (Å²) in [5.41, 5.74) is 0.627. The van der Waals surface area contributed by atoms with Gasteiger partial charge in [-0.25, -0.2) is 4.98 Å². The minimum absolute atomic E-state index is 0.0126. The SMILES string of the molecule is O=C(NCCc1ccc(Cl)cc1)c1cnc[nH]c1=O. The van der Waals surface area contributed by atoms with Crippen molar-refractivity contribution in [2.45, 2.75) is 6.42 Å². The Labute approximate surface area is 114 Å². The summed E-state index contributed by atoms with van der Waals surface area (Å²) in [5.74, 6) is -0.427. The van der Waals surface area contributed by atoms with Crippen LogP contribution in [-0.2, 0) is 6.42 Å². The van der Waals surface area contributed by atoms with Crippen molar-refractivity contribution in [3.63, 3.8) is 0 Å². The van der Waals surface area contributed by atoms with E-state index in [1.165, 1.54) is 12.5 Å². The molecule has 2 rings (SSSR count). The Kier molecular flexibility index (Phi) is 4.30. The summed E-state index contributed by atoms with van der Waals surface area (Å²) in [6.07, 6.45) is 3.16. The first-order valence-electron chi connectivity index (χ1n) is 5.72. The van der Waals surface area contributed by atoms with Gasteiger partial charge in [0.05, 0.1) is 6.33 Å². The molecule has 0 aliphatic carbocycles. The Balaban J connectivity index is 1.89. The van der Waals surface area contributed by atoms with E-state index in [0.717, 1.165) is 5.56 Å². The molecular formula is C13H12ClN3O2. The van der Waals surface area contributed by atoms with Gasteiger partial charge in [-0.1, -0.05) is 23.7 Å². The molecule has 0 bridgehead atoms. The maximum atomic E-state index is 11.7. The Bertz CT molecular complexity index is 622. The molecule has 1 heterocycles. The van der Waals surface area contributed by atoms with Gasteiger partial charge in [0.15, 0.2) is 0 Å². The van der Waals surface area contributed by atoms with Gasteiger partial charge in [0.2, 0.25) is 0 Å². The first-order chi connectivity index (χ1) is 9.16. The third-order valence-electron chi connectivity index (χ3n) is 2.58. The van der Waals surface area contributed by atoms with Crippen molar-refractivity contribution >= 4 is 17.5 Å². The third kappa shape index (κ3) is 3.66. The van der Waals surface area contributed by atoms with Crippen LogP contribution in [0.15, 0.2) is 41.6 Å². The van der Waals surface area contributed by atoms with Gasteiger partial charge in [-0.3, -0.25) is 9.59 Å². The van der Waals surface area contributed by atoms with E-state index in [2.05, 4.69) is 15.3 Å². The molecule has 0 unspecified atom stereocenters. The Morgan fingerprint density at radius 1 is 1.32 bits per heavy atom. The molecule has 1 amide bonds. The standard InChI is InChI=1S/C13H12ClN3O2/c14-10-3-1-9(2-4-10)5-6-16-12(18)11-7-15-8-17-13(11)19/h1-4,7-8H,5-6H2,(H,16,18)(H,15,17,19). The molecule has 1 aromatic heterocycles. The number of nitrogens with zero attached hydrogens (tertiary/aromatic N) is 1. The lowest BCUT2D eigenvalue weighted by atomic mass is 10.1. The van der Waals surface area contributed by atoms with Crippen molar-refractivity contribution < 1.29 is 4.79 Å². The van der Waals surface area contributed by atoms with Crippen molar-refractivity contribution in [3.05, 3.63) is 63.3 Å². The summed E-state index contributed by atoms with van der Waals surface area (Å²) in [6.45, 7) is 0.439. The highest BCUT2D eigenvalue weighted by Crippen LogP contribution is 2.09. The van der Waals surface area contributed by atoms with Gasteiger partial charge in [-0.05, 0) is 24.1 Å². The molecule has 0 aliphatic heterocycles. The van der Waals surface area contributed by atoms with Crippen LogP contribution in [0, 0.1) is 0 Å². The van der Waals surface area contributed by atoms with Crippen LogP contribution in [0.4, 0.5) is 0 Å². The van der Waals surface area contributed by atoms with Crippen LogP contribution < -0.4 is 10.9 Å². The first kappa shape index (κ1) is 13.3. The molecule has 1 aromatic carbocycles. The number of nitrogens with one attached hydrogen (secondary N) is 2. The molecule has 2 N–H and O–H groups in total. The molecule has 5 nitrogen and oxygen atoms in total. The molecular weight excluding hydrogens is 266 g/mol. The van der Waals surface area contributed by atoms with Gasteiger partial charge in [-0.2, -0.15) is 0 Å². The summed E-state index contributed by atoms with van der Waals surface area (Å²) >= 11 is 5.78. The van der Waals surface area contributed by atoms with Crippen LogP contribution in [0.5, 0.6) is 0 Å². The minimum Gasteiger partial charge on any atom is -0.351 e. The molecule has 0 atom stereocenters. The molecule has 19 heavy (non-hydrogen) atoms. The fourth-order valence-corrected chi connectivity index (χ4v) is 1.70. The van der Waals surface area contributed by atoms with Crippen molar-refractivity contribution in [2.75, 3.05) is 6.54 Å². The number of rotatable bonds is 4. The summed E-state index contributed by atoms with van der Waals surface area (Å²) < 4.78 is 0. The molecule has 0 saturated heterocycles. The highest BCUT2D eigenvalue weighted by Gasteiger charge is 2.09. The van der Waals surface area contributed by atoms with E-state index >= 15 is 0 Å². The van der Waals surface area contributed by atoms with Crippen LogP contribution in [0.1, 0.15) is 15.9 Å². The zero-order valence-corrected chi connectivity index (χ0v) is 10.8. The van der Waals surface area contributed by atoms with Crippen molar-refractivity contribution in [2.24, 2.45) is 0 Å². The summed E-state index contributed by atoms with van der Waals surface area (Å²) in [6, 6.07) is 7.38. The number of aromatic nitrogens is 2. The van der Waals surface area contributed by atoms with Crippen LogP contribution in [0.3, 0.4) is 0 Å². The monoisotopic (exact) mass is 277 g/mol. The van der Waals surface area contributed by atoms with Gasteiger partial charge < -0.3 is 10.3 Å². The smallest absolute Gasteiger partial charge is 0.263 e. The quantitative estimate of drug-likeness (QED) is 0.887. The molecule has 0 spiro atoms. The Morgan fingerprint density at radius 2 is 2.05 bits per heavy atom. The van der Waals surface area contributed by atoms with Crippen molar-refractivity contribution in [3.8, 4) is 0 Å². The van der Waals surface area contributed by atoms with Gasteiger partial charge in [-0.15, -0.1) is 0 Å². The fourth-order valence-electron chi connectivity index (χ4n) is 1.57. The van der Waals surface area contributed by atoms with E-state index in [1.54, 1.807) is 12.1 Å².